The summed E-state index contributed by atoms with van der Waals surface area (Å²) in [4.78, 5) is 34.6. The van der Waals surface area contributed by atoms with E-state index < -0.39 is 0 Å². The fraction of sp³-hybridized carbons (Fsp3) is 0. The minimum Gasteiger partial charge on any atom is -0.267 e. The van der Waals surface area contributed by atoms with Gasteiger partial charge in [0.25, 0.3) is 5.56 Å². The van der Waals surface area contributed by atoms with E-state index in [0.717, 1.165) is 37.3 Å². The molecule has 0 aliphatic rings. The number of para-hydroxylation sites is 1. The Labute approximate surface area is 241 Å². The molecule has 41 heavy (non-hydrogen) atoms. The topological polar surface area (TPSA) is 73.0 Å². The van der Waals surface area contributed by atoms with Crippen molar-refractivity contribution in [2.24, 2.45) is 0 Å². The molecule has 0 N–H and O–H groups in total. The molecule has 4 aromatic heterocycles. The molecule has 0 fully saturated rings. The Kier molecular flexibility index (Phi) is 5.54. The van der Waals surface area contributed by atoms with Crippen molar-refractivity contribution in [1.29, 1.82) is 0 Å². The molecular weight excluding hydrogens is 547 g/mol. The molecule has 8 rings (SSSR count). The van der Waals surface area contributed by atoms with Crippen molar-refractivity contribution >= 4 is 48.1 Å². The lowest BCUT2D eigenvalue weighted by atomic mass is 10.1. The fourth-order valence-electron chi connectivity index (χ4n) is 4.96. The summed E-state index contributed by atoms with van der Waals surface area (Å²) in [6.45, 7) is 0. The van der Waals surface area contributed by atoms with Gasteiger partial charge in [0.15, 0.2) is 22.4 Å². The smallest absolute Gasteiger partial charge is 0.267 e. The first-order chi connectivity index (χ1) is 20.2. The van der Waals surface area contributed by atoms with Gasteiger partial charge in [-0.1, -0.05) is 102 Å². The summed E-state index contributed by atoms with van der Waals surface area (Å²) in [6.07, 6.45) is 0. The number of benzene rings is 4. The average molecular weight is 566 g/mol. The lowest BCUT2D eigenvalue weighted by molar-refractivity contribution is 1.07. The van der Waals surface area contributed by atoms with Gasteiger partial charge in [0, 0.05) is 21.6 Å². The molecule has 0 atom stereocenters. The van der Waals surface area contributed by atoms with Crippen LogP contribution in [0.4, 0.5) is 0 Å². The van der Waals surface area contributed by atoms with Crippen LogP contribution in [-0.4, -0.2) is 24.3 Å². The highest BCUT2D eigenvalue weighted by Crippen LogP contribution is 2.35. The molecule has 8 heteroatoms. The van der Waals surface area contributed by atoms with Gasteiger partial charge in [0.05, 0.1) is 15.7 Å². The molecule has 0 amide bonds. The maximum Gasteiger partial charge on any atom is 0.277 e. The zero-order valence-corrected chi connectivity index (χ0v) is 23.1. The first kappa shape index (κ1) is 23.8. The van der Waals surface area contributed by atoms with Crippen LogP contribution in [0.25, 0.3) is 70.0 Å². The van der Waals surface area contributed by atoms with Crippen molar-refractivity contribution in [2.75, 3.05) is 0 Å². The van der Waals surface area contributed by atoms with Crippen LogP contribution in [0.3, 0.4) is 0 Å². The van der Waals surface area contributed by atoms with E-state index in [1.165, 1.54) is 22.7 Å². The van der Waals surface area contributed by atoms with Crippen LogP contribution in [0.2, 0.25) is 0 Å². The minimum atomic E-state index is -0.0349. The Bertz CT molecular complexity index is 2230. The first-order valence-electron chi connectivity index (χ1n) is 13.0. The van der Waals surface area contributed by atoms with E-state index in [0.29, 0.717) is 32.7 Å². The third kappa shape index (κ3) is 4.12. The summed E-state index contributed by atoms with van der Waals surface area (Å²) in [5.41, 5.74) is 5.26. The molecule has 6 nitrogen and oxygen atoms in total. The summed E-state index contributed by atoms with van der Waals surface area (Å²) < 4.78 is 3.41. The number of thiophene rings is 1. The van der Waals surface area contributed by atoms with Crippen LogP contribution in [0, 0.1) is 0 Å². The zero-order valence-electron chi connectivity index (χ0n) is 21.4. The minimum absolute atomic E-state index is 0.0349. The molecule has 0 saturated carbocycles. The normalized spacial score (nSPS) is 11.5. The third-order valence-corrected chi connectivity index (χ3v) is 9.11. The number of aromatic nitrogens is 5. The second-order valence-corrected chi connectivity index (χ2v) is 11.6. The fourth-order valence-corrected chi connectivity index (χ4v) is 7.00. The summed E-state index contributed by atoms with van der Waals surface area (Å²) >= 11 is 2.99. The van der Waals surface area contributed by atoms with E-state index in [1.807, 2.05) is 109 Å². The van der Waals surface area contributed by atoms with E-state index >= 15 is 0 Å². The first-order valence-corrected chi connectivity index (χ1v) is 14.7. The summed E-state index contributed by atoms with van der Waals surface area (Å²) in [6, 6.07) is 37.9. The van der Waals surface area contributed by atoms with Crippen molar-refractivity contribution in [3.63, 3.8) is 0 Å². The second-order valence-electron chi connectivity index (χ2n) is 9.55. The van der Waals surface area contributed by atoms with Crippen molar-refractivity contribution in [3.8, 4) is 44.6 Å². The monoisotopic (exact) mass is 565 g/mol. The number of fused-ring (bicyclic) bond motifs is 4. The van der Waals surface area contributed by atoms with E-state index in [9.17, 15) is 4.79 Å². The molecule has 0 saturated heterocycles. The van der Waals surface area contributed by atoms with Crippen LogP contribution in [-0.2, 0) is 0 Å². The molecule has 0 unspecified atom stereocenters. The zero-order chi connectivity index (χ0) is 27.3. The lowest BCUT2D eigenvalue weighted by Crippen LogP contribution is -2.11. The summed E-state index contributed by atoms with van der Waals surface area (Å²) in [5, 5.41) is 0. The van der Waals surface area contributed by atoms with E-state index in [1.54, 1.807) is 4.40 Å². The number of rotatable bonds is 4. The Morgan fingerprint density at radius 2 is 1.12 bits per heavy atom. The van der Waals surface area contributed by atoms with Gasteiger partial charge in [-0.05, 0) is 29.8 Å². The Morgan fingerprint density at radius 3 is 1.83 bits per heavy atom. The van der Waals surface area contributed by atoms with Gasteiger partial charge < -0.3 is 0 Å². The standard InChI is InChI=1S/C33H19N5OS2/c39-32-28-24(34-33-38(32)25-16-7-8-17-26(25)41-33)19-27(40-28)22-14-9-15-23(18-22)31-36-29(20-10-3-1-4-11-20)35-30(37-31)21-12-5-2-6-13-21/h1-19H. The molecule has 0 aliphatic carbocycles. The molecule has 8 aromatic rings. The molecule has 4 aromatic carbocycles. The maximum atomic E-state index is 13.6. The van der Waals surface area contributed by atoms with Gasteiger partial charge in [0.1, 0.15) is 4.70 Å². The number of thiazole rings is 1. The van der Waals surface area contributed by atoms with Crippen molar-refractivity contribution in [2.45, 2.75) is 0 Å². The van der Waals surface area contributed by atoms with Crippen LogP contribution in [0.15, 0.2) is 120 Å². The van der Waals surface area contributed by atoms with Crippen molar-refractivity contribution in [3.05, 3.63) is 126 Å². The van der Waals surface area contributed by atoms with Crippen LogP contribution >= 0.6 is 22.7 Å². The molecular formula is C33H19N5OS2. The SMILES string of the molecule is O=c1c2sc(-c3cccc(-c4nc(-c5ccccc5)nc(-c5ccccc5)n4)c3)cc2nc2sc3ccccc3n12. The summed E-state index contributed by atoms with van der Waals surface area (Å²) in [5.74, 6) is 1.82. The highest BCUT2D eigenvalue weighted by atomic mass is 32.1. The van der Waals surface area contributed by atoms with Gasteiger partial charge in [-0.25, -0.2) is 24.3 Å². The Morgan fingerprint density at radius 1 is 0.537 bits per heavy atom. The van der Waals surface area contributed by atoms with Crippen molar-refractivity contribution in [1.82, 2.24) is 24.3 Å². The molecule has 0 spiro atoms. The Hall–Kier alpha value is -5.05. The highest BCUT2D eigenvalue weighted by molar-refractivity contribution is 7.24. The molecule has 4 heterocycles. The average Bonchev–Trinajstić information content (AvgIpc) is 3.64. The van der Waals surface area contributed by atoms with E-state index in [2.05, 4.69) is 6.07 Å². The number of hydrogen-bond donors (Lipinski definition) is 0. The quantitative estimate of drug-likeness (QED) is 0.216. The molecule has 0 radical (unpaired) electrons. The molecule has 194 valence electrons. The van der Waals surface area contributed by atoms with Gasteiger partial charge in [0.2, 0.25) is 0 Å². The maximum absolute atomic E-state index is 13.6. The molecule has 0 aliphatic heterocycles. The van der Waals surface area contributed by atoms with Gasteiger partial charge in [-0.3, -0.25) is 4.79 Å². The van der Waals surface area contributed by atoms with E-state index in [-0.39, 0.29) is 5.56 Å². The van der Waals surface area contributed by atoms with Crippen molar-refractivity contribution < 1.29 is 0 Å². The van der Waals surface area contributed by atoms with Crippen LogP contribution < -0.4 is 5.56 Å². The predicted octanol–water partition coefficient (Wildman–Crippen LogP) is 7.98. The Balaban J connectivity index is 1.26. The highest BCUT2D eigenvalue weighted by Gasteiger charge is 2.17. The van der Waals surface area contributed by atoms with Crippen LogP contribution in [0.5, 0.6) is 0 Å². The third-order valence-electron chi connectivity index (χ3n) is 6.93. The molecule has 0 bridgehead atoms. The van der Waals surface area contributed by atoms with E-state index in [4.69, 9.17) is 19.9 Å². The summed E-state index contributed by atoms with van der Waals surface area (Å²) in [7, 11) is 0. The number of hydrogen-bond acceptors (Lipinski definition) is 7. The largest absolute Gasteiger partial charge is 0.277 e. The second kappa shape index (κ2) is 9.55. The number of nitrogens with zero attached hydrogens (tertiary/aromatic N) is 5. The van der Waals surface area contributed by atoms with Crippen LogP contribution in [0.1, 0.15) is 0 Å². The van der Waals surface area contributed by atoms with Gasteiger partial charge in [-0.15, -0.1) is 11.3 Å². The van der Waals surface area contributed by atoms with Gasteiger partial charge in [-0.2, -0.15) is 0 Å². The predicted molar refractivity (Wildman–Crippen MR) is 167 cm³/mol. The van der Waals surface area contributed by atoms with Gasteiger partial charge >= 0.3 is 0 Å². The lowest BCUT2D eigenvalue weighted by Gasteiger charge is -2.09.